The number of nitrogens with one attached hydrogen (secondary N) is 3. The second-order valence-corrected chi connectivity index (χ2v) is 5.78. The van der Waals surface area contributed by atoms with Crippen molar-refractivity contribution in [3.05, 3.63) is 24.3 Å². The first kappa shape index (κ1) is 15.8. The molecule has 1 aromatic rings. The third kappa shape index (κ3) is 4.44. The van der Waals surface area contributed by atoms with Crippen molar-refractivity contribution in [1.82, 2.24) is 0 Å². The zero-order valence-corrected chi connectivity index (χ0v) is 13.2. The minimum Gasteiger partial charge on any atom is -0.494 e. The number of anilines is 1. The van der Waals surface area contributed by atoms with E-state index in [-0.39, 0.29) is 11.9 Å². The van der Waals surface area contributed by atoms with Crippen LogP contribution in [0, 0.1) is 0 Å². The summed E-state index contributed by atoms with van der Waals surface area (Å²) < 4.78 is 5.40. The molecule has 0 aliphatic carbocycles. The van der Waals surface area contributed by atoms with E-state index in [1.807, 2.05) is 38.1 Å². The first-order valence-corrected chi connectivity index (χ1v) is 7.79. The van der Waals surface area contributed by atoms with Crippen LogP contribution >= 0.6 is 0 Å². The Morgan fingerprint density at radius 3 is 2.43 bits per heavy atom. The van der Waals surface area contributed by atoms with Crippen molar-refractivity contribution in [3.8, 4) is 5.75 Å². The molecule has 0 saturated carbocycles. The molecule has 0 spiro atoms. The molecule has 1 amide bonds. The minimum atomic E-state index is -0.00957. The zero-order chi connectivity index (χ0) is 15.2. The van der Waals surface area contributed by atoms with Crippen molar-refractivity contribution < 1.29 is 19.3 Å². The smallest absolute Gasteiger partial charge is 0.282 e. The average molecular weight is 293 g/mol. The molecule has 1 aliphatic heterocycles. The number of hydrogen-bond acceptors (Lipinski definition) is 2. The van der Waals surface area contributed by atoms with E-state index in [0.29, 0.717) is 6.61 Å². The van der Waals surface area contributed by atoms with E-state index in [1.54, 1.807) is 4.90 Å². The Balaban J connectivity index is 1.88. The van der Waals surface area contributed by atoms with Gasteiger partial charge in [-0.3, -0.25) is 4.79 Å². The highest BCUT2D eigenvalue weighted by Gasteiger charge is 2.29. The third-order valence-electron chi connectivity index (χ3n) is 4.18. The van der Waals surface area contributed by atoms with Crippen LogP contribution < -0.4 is 19.9 Å². The minimum absolute atomic E-state index is 0.00957. The molecule has 1 atom stereocenters. The monoisotopic (exact) mass is 293 g/mol. The number of likely N-dealkylation sites (N-methyl/N-ethyl adjacent to an activating group) is 1. The lowest BCUT2D eigenvalue weighted by atomic mass is 10.2. The van der Waals surface area contributed by atoms with Gasteiger partial charge in [0.2, 0.25) is 0 Å². The van der Waals surface area contributed by atoms with Gasteiger partial charge in [0.15, 0.2) is 6.04 Å². The topological polar surface area (TPSA) is 47.2 Å². The van der Waals surface area contributed by atoms with Crippen molar-refractivity contribution in [2.45, 2.75) is 19.9 Å². The van der Waals surface area contributed by atoms with Crippen LogP contribution in [0.4, 0.5) is 5.69 Å². The van der Waals surface area contributed by atoms with Crippen molar-refractivity contribution in [1.29, 1.82) is 0 Å². The van der Waals surface area contributed by atoms with Gasteiger partial charge < -0.3 is 19.9 Å². The van der Waals surface area contributed by atoms with Gasteiger partial charge in [0.05, 0.1) is 13.7 Å². The summed E-state index contributed by atoms with van der Waals surface area (Å²) in [7, 11) is 2.21. The molecule has 1 saturated heterocycles. The van der Waals surface area contributed by atoms with Crippen LogP contribution in [0.1, 0.15) is 13.8 Å². The standard InChI is InChI=1S/C16H25N3O2/c1-4-21-15-7-5-14(6-8-15)17-16(20)13(2)19-11-9-18(3)10-12-19/h5-8,13H,4,9-12H2,1-3H3,(H,17,20)/p+2/t13-/m1/s1. The van der Waals surface area contributed by atoms with Gasteiger partial charge in [-0.15, -0.1) is 0 Å². The fraction of sp³-hybridized carbons (Fsp3) is 0.562. The van der Waals surface area contributed by atoms with Crippen molar-refractivity contribution in [2.75, 3.05) is 45.2 Å². The molecule has 0 radical (unpaired) electrons. The maximum Gasteiger partial charge on any atom is 0.282 e. The second-order valence-electron chi connectivity index (χ2n) is 5.78. The van der Waals surface area contributed by atoms with E-state index < -0.39 is 0 Å². The Labute approximate surface area is 126 Å². The molecule has 1 aliphatic rings. The highest BCUT2D eigenvalue weighted by Crippen LogP contribution is 2.15. The number of quaternary nitrogens is 2. The van der Waals surface area contributed by atoms with Crippen LogP contribution in [0.15, 0.2) is 24.3 Å². The highest BCUT2D eigenvalue weighted by molar-refractivity contribution is 5.93. The molecule has 1 heterocycles. The van der Waals surface area contributed by atoms with Crippen molar-refractivity contribution in [2.24, 2.45) is 0 Å². The summed E-state index contributed by atoms with van der Waals surface area (Å²) in [5.41, 5.74) is 0.828. The largest absolute Gasteiger partial charge is 0.494 e. The lowest BCUT2D eigenvalue weighted by molar-refractivity contribution is -1.01. The number of rotatable bonds is 5. The number of amides is 1. The Morgan fingerprint density at radius 2 is 1.86 bits per heavy atom. The Kier molecular flexibility index (Phi) is 5.59. The normalized spacial score (nSPS) is 23.4. The fourth-order valence-corrected chi connectivity index (χ4v) is 2.67. The van der Waals surface area contributed by atoms with E-state index in [9.17, 15) is 4.79 Å². The van der Waals surface area contributed by atoms with E-state index in [2.05, 4.69) is 12.4 Å². The van der Waals surface area contributed by atoms with Crippen molar-refractivity contribution >= 4 is 11.6 Å². The van der Waals surface area contributed by atoms with Gasteiger partial charge >= 0.3 is 0 Å². The quantitative estimate of drug-likeness (QED) is 0.640. The van der Waals surface area contributed by atoms with Gasteiger partial charge in [-0.2, -0.15) is 0 Å². The summed E-state index contributed by atoms with van der Waals surface area (Å²) in [5, 5.41) is 3.00. The number of carbonyl (C=O) groups excluding carboxylic acids is 1. The summed E-state index contributed by atoms with van der Waals surface area (Å²) in [6.07, 6.45) is 0. The second kappa shape index (κ2) is 7.43. The van der Waals surface area contributed by atoms with E-state index in [1.165, 1.54) is 4.90 Å². The molecule has 5 nitrogen and oxygen atoms in total. The van der Waals surface area contributed by atoms with Gasteiger partial charge in [0, 0.05) is 5.69 Å². The number of ether oxygens (including phenoxy) is 1. The van der Waals surface area contributed by atoms with Crippen LogP contribution in [0.2, 0.25) is 0 Å². The molecule has 1 fully saturated rings. The van der Waals surface area contributed by atoms with Crippen LogP contribution in [-0.2, 0) is 4.79 Å². The first-order chi connectivity index (χ1) is 10.1. The van der Waals surface area contributed by atoms with Gasteiger partial charge in [0.1, 0.15) is 31.9 Å². The molecule has 3 N–H and O–H groups in total. The van der Waals surface area contributed by atoms with Crippen LogP contribution in [-0.4, -0.2) is 51.8 Å². The molecule has 21 heavy (non-hydrogen) atoms. The highest BCUT2D eigenvalue weighted by atomic mass is 16.5. The van der Waals surface area contributed by atoms with E-state index >= 15 is 0 Å². The molecule has 5 heteroatoms. The summed E-state index contributed by atoms with van der Waals surface area (Å²) in [5.74, 6) is 0.921. The predicted molar refractivity (Wildman–Crippen MR) is 83.0 cm³/mol. The van der Waals surface area contributed by atoms with Gasteiger partial charge in [0.25, 0.3) is 5.91 Å². The SMILES string of the molecule is CCOc1ccc(NC(=O)[C@@H](C)[NH+]2CC[NH+](C)CC2)cc1. The van der Waals surface area contributed by atoms with E-state index in [0.717, 1.165) is 37.6 Å². The lowest BCUT2D eigenvalue weighted by Crippen LogP contribution is -3.29. The molecule has 0 unspecified atom stereocenters. The summed E-state index contributed by atoms with van der Waals surface area (Å²) >= 11 is 0. The lowest BCUT2D eigenvalue weighted by Gasteiger charge is -2.30. The summed E-state index contributed by atoms with van der Waals surface area (Å²) in [6.45, 7) is 9.01. The van der Waals surface area contributed by atoms with Gasteiger partial charge in [-0.05, 0) is 38.1 Å². The van der Waals surface area contributed by atoms with Crippen LogP contribution in [0.25, 0.3) is 0 Å². The Hall–Kier alpha value is -1.59. The first-order valence-electron chi connectivity index (χ1n) is 7.79. The molecular formula is C16H27N3O2+2. The van der Waals surface area contributed by atoms with Crippen LogP contribution in [0.5, 0.6) is 5.75 Å². The number of carbonyl (C=O) groups is 1. The Morgan fingerprint density at radius 1 is 1.24 bits per heavy atom. The summed E-state index contributed by atoms with van der Waals surface area (Å²) in [4.78, 5) is 15.3. The molecule has 2 rings (SSSR count). The fourth-order valence-electron chi connectivity index (χ4n) is 2.67. The number of hydrogen-bond donors (Lipinski definition) is 3. The molecule has 0 bridgehead atoms. The molecule has 1 aromatic carbocycles. The number of piperazine rings is 1. The molecular weight excluding hydrogens is 266 g/mol. The maximum atomic E-state index is 12.3. The Bertz CT molecular complexity index is 453. The average Bonchev–Trinajstić information content (AvgIpc) is 2.49. The maximum absolute atomic E-state index is 12.3. The van der Waals surface area contributed by atoms with E-state index in [4.69, 9.17) is 4.74 Å². The zero-order valence-electron chi connectivity index (χ0n) is 13.2. The third-order valence-corrected chi connectivity index (χ3v) is 4.18. The van der Waals surface area contributed by atoms with Crippen LogP contribution in [0.3, 0.4) is 0 Å². The summed E-state index contributed by atoms with van der Waals surface area (Å²) in [6, 6.07) is 7.54. The van der Waals surface area contributed by atoms with Crippen molar-refractivity contribution in [3.63, 3.8) is 0 Å². The van der Waals surface area contributed by atoms with Gasteiger partial charge in [-0.1, -0.05) is 0 Å². The van der Waals surface area contributed by atoms with Gasteiger partial charge in [-0.25, -0.2) is 0 Å². The number of benzene rings is 1. The predicted octanol–water partition coefficient (Wildman–Crippen LogP) is -1.17. The molecule has 0 aromatic heterocycles. The molecule has 116 valence electrons.